The highest BCUT2D eigenvalue weighted by atomic mass is 16.5. The molecule has 4 heteroatoms. The van der Waals surface area contributed by atoms with Gasteiger partial charge < -0.3 is 10.1 Å². The number of ketones is 1. The molecule has 0 aromatic carbocycles. The van der Waals surface area contributed by atoms with Crippen molar-refractivity contribution in [3.05, 3.63) is 0 Å². The Hall–Kier alpha value is -0.450. The summed E-state index contributed by atoms with van der Waals surface area (Å²) >= 11 is 0. The normalized spacial score (nSPS) is 20.2. The lowest BCUT2D eigenvalue weighted by atomic mass is 9.86. The van der Waals surface area contributed by atoms with Crippen LogP contribution in [0.25, 0.3) is 0 Å². The zero-order valence-electron chi connectivity index (χ0n) is 11.6. The standard InChI is InChI=1S/C13H26N2O2/c1-11(5-10-17-4)12(16)13(2,3)15-8-6-14-7-9-15/h11,14H,5-10H2,1-4H3. The molecule has 0 aromatic rings. The summed E-state index contributed by atoms with van der Waals surface area (Å²) in [6, 6.07) is 0. The number of carbonyl (C=O) groups is 1. The third-order valence-corrected chi connectivity index (χ3v) is 3.71. The molecule has 1 atom stereocenters. The number of nitrogens with one attached hydrogen (secondary N) is 1. The summed E-state index contributed by atoms with van der Waals surface area (Å²) in [5.74, 6) is 0.399. The first-order chi connectivity index (χ1) is 8.00. The second-order valence-electron chi connectivity index (χ2n) is 5.34. The van der Waals surface area contributed by atoms with Crippen LogP contribution in [0.2, 0.25) is 0 Å². The van der Waals surface area contributed by atoms with Gasteiger partial charge in [0.1, 0.15) is 0 Å². The molecule has 0 spiro atoms. The van der Waals surface area contributed by atoms with E-state index in [1.165, 1.54) is 0 Å². The molecule has 0 aromatic heterocycles. The Bertz CT molecular complexity index is 248. The van der Waals surface area contributed by atoms with E-state index >= 15 is 0 Å². The van der Waals surface area contributed by atoms with E-state index in [9.17, 15) is 4.79 Å². The van der Waals surface area contributed by atoms with E-state index < -0.39 is 0 Å². The van der Waals surface area contributed by atoms with Crippen molar-refractivity contribution < 1.29 is 9.53 Å². The van der Waals surface area contributed by atoms with Gasteiger partial charge in [0.05, 0.1) is 5.54 Å². The molecule has 0 radical (unpaired) electrons. The van der Waals surface area contributed by atoms with Gasteiger partial charge in [-0.3, -0.25) is 9.69 Å². The number of hydrogen-bond acceptors (Lipinski definition) is 4. The van der Waals surface area contributed by atoms with E-state index in [-0.39, 0.29) is 11.5 Å². The van der Waals surface area contributed by atoms with Gasteiger partial charge in [-0.15, -0.1) is 0 Å². The molecule has 1 saturated heterocycles. The molecule has 17 heavy (non-hydrogen) atoms. The molecule has 1 N–H and O–H groups in total. The molecular formula is C13H26N2O2. The first kappa shape index (κ1) is 14.6. The topological polar surface area (TPSA) is 41.6 Å². The van der Waals surface area contributed by atoms with Crippen LogP contribution < -0.4 is 5.32 Å². The molecule has 1 fully saturated rings. The van der Waals surface area contributed by atoms with Gasteiger partial charge in [0.2, 0.25) is 0 Å². The minimum atomic E-state index is -0.352. The molecule has 100 valence electrons. The van der Waals surface area contributed by atoms with Gasteiger partial charge in [0.15, 0.2) is 5.78 Å². The van der Waals surface area contributed by atoms with Gasteiger partial charge in [-0.1, -0.05) is 6.92 Å². The Labute approximate surface area is 105 Å². The molecule has 0 amide bonds. The Morgan fingerprint density at radius 2 is 2.00 bits per heavy atom. The van der Waals surface area contributed by atoms with Crippen molar-refractivity contribution in [1.82, 2.24) is 10.2 Å². The lowest BCUT2D eigenvalue weighted by Crippen LogP contribution is -2.58. The summed E-state index contributed by atoms with van der Waals surface area (Å²) in [5, 5.41) is 3.32. The average Bonchev–Trinajstić information content (AvgIpc) is 2.36. The van der Waals surface area contributed by atoms with Crippen LogP contribution in [0.3, 0.4) is 0 Å². The fourth-order valence-corrected chi connectivity index (χ4v) is 2.41. The molecule has 0 saturated carbocycles. The Morgan fingerprint density at radius 1 is 1.41 bits per heavy atom. The van der Waals surface area contributed by atoms with E-state index in [0.717, 1.165) is 32.6 Å². The third-order valence-electron chi connectivity index (χ3n) is 3.71. The largest absolute Gasteiger partial charge is 0.385 e. The zero-order chi connectivity index (χ0) is 12.9. The molecular weight excluding hydrogens is 216 g/mol. The molecule has 1 aliphatic heterocycles. The van der Waals surface area contributed by atoms with E-state index in [0.29, 0.717) is 12.4 Å². The first-order valence-corrected chi connectivity index (χ1v) is 6.49. The first-order valence-electron chi connectivity index (χ1n) is 6.49. The average molecular weight is 242 g/mol. The lowest BCUT2D eigenvalue weighted by Gasteiger charge is -2.41. The molecule has 0 bridgehead atoms. The van der Waals surface area contributed by atoms with Crippen LogP contribution in [0.4, 0.5) is 0 Å². The molecule has 1 aliphatic rings. The summed E-state index contributed by atoms with van der Waals surface area (Å²) in [6.45, 7) is 10.6. The van der Waals surface area contributed by atoms with Gasteiger partial charge in [0.25, 0.3) is 0 Å². The highest BCUT2D eigenvalue weighted by molar-refractivity contribution is 5.89. The molecule has 0 aliphatic carbocycles. The van der Waals surface area contributed by atoms with Gasteiger partial charge in [-0.2, -0.15) is 0 Å². The second kappa shape index (κ2) is 6.47. The predicted octanol–water partition coefficient (Wildman–Crippen LogP) is 0.912. The van der Waals surface area contributed by atoms with Crippen molar-refractivity contribution in [2.24, 2.45) is 5.92 Å². The SMILES string of the molecule is COCCC(C)C(=O)C(C)(C)N1CCNCC1. The van der Waals surface area contributed by atoms with Crippen LogP contribution in [0.1, 0.15) is 27.2 Å². The summed E-state index contributed by atoms with van der Waals surface area (Å²) in [6.07, 6.45) is 0.810. The number of Topliss-reactive ketones (excluding diaryl/α,β-unsaturated/α-hetero) is 1. The van der Waals surface area contributed by atoms with E-state index in [1.807, 2.05) is 20.8 Å². The minimum Gasteiger partial charge on any atom is -0.385 e. The molecule has 4 nitrogen and oxygen atoms in total. The van der Waals surface area contributed by atoms with E-state index in [1.54, 1.807) is 7.11 Å². The Kier molecular flexibility index (Phi) is 5.56. The van der Waals surface area contributed by atoms with Crippen LogP contribution in [0.15, 0.2) is 0 Å². The fourth-order valence-electron chi connectivity index (χ4n) is 2.41. The van der Waals surface area contributed by atoms with Crippen LogP contribution in [-0.2, 0) is 9.53 Å². The van der Waals surface area contributed by atoms with Gasteiger partial charge in [0, 0.05) is 45.8 Å². The number of nitrogens with zero attached hydrogens (tertiary/aromatic N) is 1. The molecule has 1 unspecified atom stereocenters. The van der Waals surface area contributed by atoms with Crippen LogP contribution in [0, 0.1) is 5.92 Å². The highest BCUT2D eigenvalue weighted by Crippen LogP contribution is 2.22. The van der Waals surface area contributed by atoms with Crippen molar-refractivity contribution in [3.8, 4) is 0 Å². The van der Waals surface area contributed by atoms with Crippen molar-refractivity contribution >= 4 is 5.78 Å². The number of piperazine rings is 1. The number of hydrogen-bond donors (Lipinski definition) is 1. The molecule has 1 rings (SSSR count). The van der Waals surface area contributed by atoms with Gasteiger partial charge in [-0.25, -0.2) is 0 Å². The smallest absolute Gasteiger partial charge is 0.155 e. The van der Waals surface area contributed by atoms with Crippen molar-refractivity contribution in [1.29, 1.82) is 0 Å². The third kappa shape index (κ3) is 3.76. The summed E-state index contributed by atoms with van der Waals surface area (Å²) in [7, 11) is 1.68. The predicted molar refractivity (Wildman–Crippen MR) is 69.2 cm³/mol. The van der Waals surface area contributed by atoms with Crippen molar-refractivity contribution in [2.45, 2.75) is 32.7 Å². The molecule has 1 heterocycles. The van der Waals surface area contributed by atoms with Crippen molar-refractivity contribution in [3.63, 3.8) is 0 Å². The second-order valence-corrected chi connectivity index (χ2v) is 5.34. The maximum atomic E-state index is 12.5. The number of ether oxygens (including phenoxy) is 1. The van der Waals surface area contributed by atoms with Crippen LogP contribution in [0.5, 0.6) is 0 Å². The Balaban J connectivity index is 2.57. The number of methoxy groups -OCH3 is 1. The fraction of sp³-hybridized carbons (Fsp3) is 0.923. The van der Waals surface area contributed by atoms with Crippen molar-refractivity contribution in [2.75, 3.05) is 39.9 Å². The quantitative estimate of drug-likeness (QED) is 0.752. The zero-order valence-corrected chi connectivity index (χ0v) is 11.6. The number of carbonyl (C=O) groups excluding carboxylic acids is 1. The summed E-state index contributed by atoms with van der Waals surface area (Å²) in [4.78, 5) is 14.7. The van der Waals surface area contributed by atoms with Gasteiger partial charge >= 0.3 is 0 Å². The van der Waals surface area contributed by atoms with Crippen LogP contribution >= 0.6 is 0 Å². The highest BCUT2D eigenvalue weighted by Gasteiger charge is 2.37. The van der Waals surface area contributed by atoms with Gasteiger partial charge in [-0.05, 0) is 20.3 Å². The Morgan fingerprint density at radius 3 is 2.53 bits per heavy atom. The lowest BCUT2D eigenvalue weighted by molar-refractivity contribution is -0.134. The summed E-state index contributed by atoms with van der Waals surface area (Å²) in [5.41, 5.74) is -0.352. The van der Waals surface area contributed by atoms with E-state index in [4.69, 9.17) is 4.74 Å². The maximum Gasteiger partial charge on any atom is 0.155 e. The van der Waals surface area contributed by atoms with Crippen LogP contribution in [-0.4, -0.2) is 56.1 Å². The minimum absolute atomic E-state index is 0.0693. The van der Waals surface area contributed by atoms with E-state index in [2.05, 4.69) is 10.2 Å². The monoisotopic (exact) mass is 242 g/mol. The maximum absolute atomic E-state index is 12.5. The summed E-state index contributed by atoms with van der Waals surface area (Å²) < 4.78 is 5.04. The number of rotatable bonds is 6.